The molecule has 1 heterocycles. The zero-order valence-corrected chi connectivity index (χ0v) is 8.71. The highest BCUT2D eigenvalue weighted by atomic mass is 16.2. The van der Waals surface area contributed by atoms with Crippen molar-refractivity contribution in [2.24, 2.45) is 5.73 Å². The minimum atomic E-state index is -0.606. The summed E-state index contributed by atoms with van der Waals surface area (Å²) >= 11 is 0. The maximum Gasteiger partial charge on any atom is 0.326 e. The first-order valence-corrected chi connectivity index (χ1v) is 5.07. The Labute approximate surface area is 87.5 Å². The number of aromatic nitrogens is 2. The van der Waals surface area contributed by atoms with E-state index in [1.165, 1.54) is 4.57 Å². The summed E-state index contributed by atoms with van der Waals surface area (Å²) in [4.78, 5) is 15.3. The molecule has 0 saturated carbocycles. The Kier molecular flexibility index (Phi) is 2.30. The highest BCUT2D eigenvalue weighted by Gasteiger charge is 2.18. The molecule has 1 amide bonds. The Morgan fingerprint density at radius 2 is 2.13 bits per heavy atom. The van der Waals surface area contributed by atoms with Crippen molar-refractivity contribution in [3.63, 3.8) is 0 Å². The summed E-state index contributed by atoms with van der Waals surface area (Å²) in [5.41, 5.74) is 8.03. The molecule has 5 heteroatoms. The predicted molar refractivity (Wildman–Crippen MR) is 54.4 cm³/mol. The average Bonchev–Trinajstić information content (AvgIpc) is 2.17. The molecular formula is C10H14N4O. The van der Waals surface area contributed by atoms with Gasteiger partial charge in [-0.3, -0.25) is 5.41 Å². The van der Waals surface area contributed by atoms with Crippen LogP contribution < -0.4 is 11.4 Å². The fourth-order valence-corrected chi connectivity index (χ4v) is 2.17. The molecule has 1 aliphatic rings. The number of aryl methyl sites for hydroxylation is 1. The molecule has 0 unspecified atom stereocenters. The number of primary amides is 1. The molecule has 0 aromatic carbocycles. The molecule has 0 fully saturated rings. The summed E-state index contributed by atoms with van der Waals surface area (Å²) < 4.78 is 1.22. The fourth-order valence-electron chi connectivity index (χ4n) is 2.17. The standard InChI is InChI=1S/C10H14N4O/c1-6-7-4-2-3-5-8(7)14(10(12)15)9(11)13-6/h11H,2-5H2,1H3,(H2,12,15). The van der Waals surface area contributed by atoms with Crippen molar-refractivity contribution in [3.8, 4) is 0 Å². The van der Waals surface area contributed by atoms with Gasteiger partial charge in [-0.1, -0.05) is 0 Å². The van der Waals surface area contributed by atoms with Gasteiger partial charge in [0.25, 0.3) is 0 Å². The quantitative estimate of drug-likeness (QED) is 0.646. The van der Waals surface area contributed by atoms with Gasteiger partial charge < -0.3 is 5.73 Å². The van der Waals surface area contributed by atoms with Crippen molar-refractivity contribution in [2.75, 3.05) is 0 Å². The lowest BCUT2D eigenvalue weighted by atomic mass is 9.95. The number of carbonyl (C=O) groups is 1. The first kappa shape index (κ1) is 9.89. The second-order valence-corrected chi connectivity index (χ2v) is 3.83. The molecule has 0 atom stereocenters. The maximum atomic E-state index is 11.2. The molecule has 2 rings (SSSR count). The number of carbonyl (C=O) groups excluding carboxylic acids is 1. The van der Waals surface area contributed by atoms with E-state index in [-0.39, 0.29) is 5.62 Å². The number of amides is 1. The number of nitrogens with two attached hydrogens (primary N) is 1. The van der Waals surface area contributed by atoms with Crippen molar-refractivity contribution in [1.82, 2.24) is 9.55 Å². The van der Waals surface area contributed by atoms with Gasteiger partial charge in [0, 0.05) is 11.4 Å². The molecule has 1 aromatic rings. The van der Waals surface area contributed by atoms with Crippen LogP contribution in [0.5, 0.6) is 0 Å². The Hall–Kier alpha value is -1.65. The second-order valence-electron chi connectivity index (χ2n) is 3.83. The first-order valence-electron chi connectivity index (χ1n) is 5.07. The van der Waals surface area contributed by atoms with E-state index in [0.29, 0.717) is 0 Å². The van der Waals surface area contributed by atoms with E-state index in [4.69, 9.17) is 11.1 Å². The molecule has 1 aromatic heterocycles. The number of rotatable bonds is 0. The number of hydrogen-bond acceptors (Lipinski definition) is 3. The zero-order chi connectivity index (χ0) is 11.0. The van der Waals surface area contributed by atoms with Crippen LogP contribution in [-0.2, 0) is 12.8 Å². The van der Waals surface area contributed by atoms with Gasteiger partial charge in [-0.25, -0.2) is 14.3 Å². The van der Waals surface area contributed by atoms with Crippen LogP contribution in [0.15, 0.2) is 0 Å². The van der Waals surface area contributed by atoms with Crippen LogP contribution in [0.2, 0.25) is 0 Å². The molecular weight excluding hydrogens is 192 g/mol. The van der Waals surface area contributed by atoms with Gasteiger partial charge in [0.2, 0.25) is 5.62 Å². The van der Waals surface area contributed by atoms with E-state index in [1.54, 1.807) is 0 Å². The lowest BCUT2D eigenvalue weighted by Crippen LogP contribution is -2.38. The lowest BCUT2D eigenvalue weighted by Gasteiger charge is -2.20. The molecule has 0 bridgehead atoms. The van der Waals surface area contributed by atoms with Crippen molar-refractivity contribution in [2.45, 2.75) is 32.6 Å². The molecule has 0 aliphatic heterocycles. The van der Waals surface area contributed by atoms with Gasteiger partial charge in [0.05, 0.1) is 0 Å². The molecule has 5 nitrogen and oxygen atoms in total. The van der Waals surface area contributed by atoms with Crippen molar-refractivity contribution < 1.29 is 4.79 Å². The zero-order valence-electron chi connectivity index (χ0n) is 8.71. The van der Waals surface area contributed by atoms with Crippen molar-refractivity contribution >= 4 is 6.03 Å². The van der Waals surface area contributed by atoms with Crippen LogP contribution >= 0.6 is 0 Å². The Bertz CT molecular complexity index is 475. The van der Waals surface area contributed by atoms with Gasteiger partial charge >= 0.3 is 6.03 Å². The summed E-state index contributed by atoms with van der Waals surface area (Å²) in [5.74, 6) is 0. The number of fused-ring (bicyclic) bond motifs is 1. The molecule has 80 valence electrons. The highest BCUT2D eigenvalue weighted by molar-refractivity contribution is 5.75. The minimum Gasteiger partial charge on any atom is -0.351 e. The average molecular weight is 206 g/mol. The number of nitrogens with one attached hydrogen (secondary N) is 1. The smallest absolute Gasteiger partial charge is 0.326 e. The topological polar surface area (TPSA) is 84.8 Å². The molecule has 3 N–H and O–H groups in total. The van der Waals surface area contributed by atoms with Crippen LogP contribution in [0.4, 0.5) is 4.79 Å². The Morgan fingerprint density at radius 1 is 1.47 bits per heavy atom. The van der Waals surface area contributed by atoms with Crippen LogP contribution in [0.3, 0.4) is 0 Å². The largest absolute Gasteiger partial charge is 0.351 e. The molecule has 1 aliphatic carbocycles. The predicted octanol–water partition coefficient (Wildman–Crippen LogP) is 0.477. The number of hydrogen-bond donors (Lipinski definition) is 2. The van der Waals surface area contributed by atoms with E-state index in [0.717, 1.165) is 42.6 Å². The maximum absolute atomic E-state index is 11.2. The minimum absolute atomic E-state index is 0.0550. The monoisotopic (exact) mass is 206 g/mol. The summed E-state index contributed by atoms with van der Waals surface area (Å²) in [6.45, 7) is 1.88. The third-order valence-corrected chi connectivity index (χ3v) is 2.85. The van der Waals surface area contributed by atoms with Gasteiger partial charge in [0.15, 0.2) is 0 Å². The van der Waals surface area contributed by atoms with Crippen molar-refractivity contribution in [1.29, 1.82) is 5.41 Å². The Morgan fingerprint density at radius 3 is 2.80 bits per heavy atom. The molecule has 15 heavy (non-hydrogen) atoms. The third-order valence-electron chi connectivity index (χ3n) is 2.85. The summed E-state index contributed by atoms with van der Waals surface area (Å²) in [5, 5.41) is 7.63. The molecule has 0 radical (unpaired) electrons. The van der Waals surface area contributed by atoms with E-state index in [2.05, 4.69) is 4.98 Å². The van der Waals surface area contributed by atoms with Gasteiger partial charge in [-0.05, 0) is 38.2 Å². The SMILES string of the molecule is Cc1nc(=N)n(C(N)=O)c2c1CCCC2. The Balaban J connectivity index is 2.74. The highest BCUT2D eigenvalue weighted by Crippen LogP contribution is 2.21. The second kappa shape index (κ2) is 3.49. The van der Waals surface area contributed by atoms with E-state index in [1.807, 2.05) is 6.92 Å². The normalized spacial score (nSPS) is 14.7. The fraction of sp³-hybridized carbons (Fsp3) is 0.500. The van der Waals surface area contributed by atoms with E-state index < -0.39 is 6.03 Å². The van der Waals surface area contributed by atoms with Crippen LogP contribution in [0.1, 0.15) is 29.8 Å². The number of nitrogens with zero attached hydrogens (tertiary/aromatic N) is 2. The van der Waals surface area contributed by atoms with Crippen LogP contribution in [0.25, 0.3) is 0 Å². The lowest BCUT2D eigenvalue weighted by molar-refractivity contribution is 0.247. The van der Waals surface area contributed by atoms with Gasteiger partial charge in [-0.15, -0.1) is 0 Å². The van der Waals surface area contributed by atoms with E-state index >= 15 is 0 Å². The summed E-state index contributed by atoms with van der Waals surface area (Å²) in [7, 11) is 0. The van der Waals surface area contributed by atoms with Gasteiger partial charge in [-0.2, -0.15) is 0 Å². The first-order chi connectivity index (χ1) is 7.11. The molecule has 0 saturated heterocycles. The van der Waals surface area contributed by atoms with E-state index in [9.17, 15) is 4.79 Å². The van der Waals surface area contributed by atoms with Gasteiger partial charge in [0.1, 0.15) is 0 Å². The van der Waals surface area contributed by atoms with Crippen LogP contribution in [-0.4, -0.2) is 15.6 Å². The molecule has 0 spiro atoms. The third kappa shape index (κ3) is 1.54. The van der Waals surface area contributed by atoms with Crippen molar-refractivity contribution in [3.05, 3.63) is 22.6 Å². The van der Waals surface area contributed by atoms with Crippen LogP contribution in [0, 0.1) is 12.3 Å². The summed E-state index contributed by atoms with van der Waals surface area (Å²) in [6.07, 6.45) is 3.91. The summed E-state index contributed by atoms with van der Waals surface area (Å²) in [6, 6.07) is -0.606.